The monoisotopic (exact) mass is 252 g/mol. The summed E-state index contributed by atoms with van der Waals surface area (Å²) in [5.74, 6) is 1.24. The maximum Gasteiger partial charge on any atom is 0.222 e. The van der Waals surface area contributed by atoms with Gasteiger partial charge in [-0.15, -0.1) is 0 Å². The normalized spacial score (nSPS) is 31.4. The Hall–Kier alpha value is -0.570. The van der Waals surface area contributed by atoms with E-state index in [1.165, 1.54) is 32.1 Å². The van der Waals surface area contributed by atoms with Crippen molar-refractivity contribution in [3.8, 4) is 0 Å². The predicted molar refractivity (Wildman–Crippen MR) is 74.4 cm³/mol. The number of carbonyl (C=O) groups is 1. The second kappa shape index (κ2) is 6.55. The minimum atomic E-state index is 0.345. The van der Waals surface area contributed by atoms with Crippen molar-refractivity contribution in [2.75, 3.05) is 13.1 Å². The van der Waals surface area contributed by atoms with Crippen LogP contribution in [0.4, 0.5) is 0 Å². The number of likely N-dealkylation sites (tertiary alicyclic amines) is 1. The lowest BCUT2D eigenvalue weighted by Crippen LogP contribution is -2.44. The van der Waals surface area contributed by atoms with E-state index in [0.29, 0.717) is 18.0 Å². The minimum Gasteiger partial charge on any atom is -0.341 e. The van der Waals surface area contributed by atoms with Crippen molar-refractivity contribution in [1.29, 1.82) is 0 Å². The standard InChI is InChI=1S/C15H28N2O/c1-12-5-3-6-14(9-8-12)16-13(2)11-17-10-4-7-15(17)18/h12-14,16H,3-11H2,1-2H3. The van der Waals surface area contributed by atoms with Gasteiger partial charge in [-0.2, -0.15) is 0 Å². The van der Waals surface area contributed by atoms with Crippen LogP contribution in [0.3, 0.4) is 0 Å². The molecule has 3 heteroatoms. The largest absolute Gasteiger partial charge is 0.341 e. The maximum absolute atomic E-state index is 11.6. The fraction of sp³-hybridized carbons (Fsp3) is 0.933. The van der Waals surface area contributed by atoms with Crippen LogP contribution in [0.2, 0.25) is 0 Å². The highest BCUT2D eigenvalue weighted by Gasteiger charge is 2.23. The summed E-state index contributed by atoms with van der Waals surface area (Å²) in [4.78, 5) is 13.6. The van der Waals surface area contributed by atoms with Gasteiger partial charge in [0, 0.05) is 31.6 Å². The molecule has 1 heterocycles. The average Bonchev–Trinajstić information content (AvgIpc) is 2.59. The molecule has 0 bridgehead atoms. The molecule has 3 unspecified atom stereocenters. The summed E-state index contributed by atoms with van der Waals surface area (Å²) in [7, 11) is 0. The molecule has 18 heavy (non-hydrogen) atoms. The molecule has 104 valence electrons. The fourth-order valence-electron chi connectivity index (χ4n) is 3.34. The molecule has 1 aliphatic carbocycles. The van der Waals surface area contributed by atoms with Gasteiger partial charge in [-0.1, -0.05) is 19.8 Å². The summed E-state index contributed by atoms with van der Waals surface area (Å²) in [5, 5.41) is 3.73. The summed E-state index contributed by atoms with van der Waals surface area (Å²) in [6.45, 7) is 6.45. The number of amides is 1. The van der Waals surface area contributed by atoms with Crippen molar-refractivity contribution in [2.24, 2.45) is 5.92 Å². The van der Waals surface area contributed by atoms with Crippen molar-refractivity contribution in [3.63, 3.8) is 0 Å². The Kier molecular flexibility index (Phi) is 5.04. The van der Waals surface area contributed by atoms with E-state index < -0.39 is 0 Å². The zero-order valence-corrected chi connectivity index (χ0v) is 12.0. The lowest BCUT2D eigenvalue weighted by molar-refractivity contribution is -0.128. The zero-order valence-electron chi connectivity index (χ0n) is 12.0. The second-order valence-corrected chi connectivity index (χ2v) is 6.32. The van der Waals surface area contributed by atoms with E-state index in [-0.39, 0.29) is 0 Å². The average molecular weight is 252 g/mol. The summed E-state index contributed by atoms with van der Waals surface area (Å²) >= 11 is 0. The molecule has 0 spiro atoms. The SMILES string of the molecule is CC1CCCC(NC(C)CN2CCCC2=O)CC1. The maximum atomic E-state index is 11.6. The third-order valence-corrected chi connectivity index (χ3v) is 4.44. The first kappa shape index (κ1) is 13.9. The molecule has 0 aromatic rings. The Morgan fingerprint density at radius 3 is 2.83 bits per heavy atom. The molecule has 1 saturated heterocycles. The molecule has 1 amide bonds. The quantitative estimate of drug-likeness (QED) is 0.780. The van der Waals surface area contributed by atoms with Gasteiger partial charge in [0.05, 0.1) is 0 Å². The highest BCUT2D eigenvalue weighted by molar-refractivity contribution is 5.78. The summed E-state index contributed by atoms with van der Waals surface area (Å²) in [6.07, 6.45) is 8.51. The van der Waals surface area contributed by atoms with Crippen LogP contribution >= 0.6 is 0 Å². The molecule has 1 aliphatic heterocycles. The summed E-state index contributed by atoms with van der Waals surface area (Å²) in [5.41, 5.74) is 0. The van der Waals surface area contributed by atoms with Crippen LogP contribution in [0.15, 0.2) is 0 Å². The molecule has 2 rings (SSSR count). The lowest BCUT2D eigenvalue weighted by atomic mass is 10.0. The zero-order chi connectivity index (χ0) is 13.0. The van der Waals surface area contributed by atoms with Crippen LogP contribution < -0.4 is 5.32 Å². The smallest absolute Gasteiger partial charge is 0.222 e. The molecule has 1 saturated carbocycles. The molecule has 2 fully saturated rings. The van der Waals surface area contributed by atoms with Crippen LogP contribution in [0.25, 0.3) is 0 Å². The number of nitrogens with one attached hydrogen (secondary N) is 1. The van der Waals surface area contributed by atoms with E-state index in [2.05, 4.69) is 19.2 Å². The number of nitrogens with zero attached hydrogens (tertiary/aromatic N) is 1. The topological polar surface area (TPSA) is 32.3 Å². The molecule has 0 aromatic carbocycles. The number of rotatable bonds is 4. The number of hydrogen-bond acceptors (Lipinski definition) is 2. The minimum absolute atomic E-state index is 0.345. The Morgan fingerprint density at radius 2 is 2.11 bits per heavy atom. The third kappa shape index (κ3) is 3.98. The van der Waals surface area contributed by atoms with Crippen molar-refractivity contribution in [3.05, 3.63) is 0 Å². The summed E-state index contributed by atoms with van der Waals surface area (Å²) in [6, 6.07) is 1.10. The van der Waals surface area contributed by atoms with Crippen molar-refractivity contribution >= 4 is 5.91 Å². The van der Waals surface area contributed by atoms with Crippen LogP contribution in [-0.2, 0) is 4.79 Å². The molecule has 3 nitrogen and oxygen atoms in total. The lowest BCUT2D eigenvalue weighted by Gasteiger charge is -2.26. The van der Waals surface area contributed by atoms with Gasteiger partial charge in [0.25, 0.3) is 0 Å². The van der Waals surface area contributed by atoms with Crippen molar-refractivity contribution in [1.82, 2.24) is 10.2 Å². The van der Waals surface area contributed by atoms with Gasteiger partial charge in [0.15, 0.2) is 0 Å². The van der Waals surface area contributed by atoms with Crippen LogP contribution in [-0.4, -0.2) is 36.0 Å². The molecule has 0 radical (unpaired) electrons. The van der Waals surface area contributed by atoms with Gasteiger partial charge in [-0.05, 0) is 38.5 Å². The highest BCUT2D eigenvalue weighted by Crippen LogP contribution is 2.23. The Balaban J connectivity index is 1.72. The van der Waals surface area contributed by atoms with E-state index in [1.807, 2.05) is 4.90 Å². The first-order chi connectivity index (χ1) is 8.65. The van der Waals surface area contributed by atoms with Gasteiger partial charge in [0.2, 0.25) is 5.91 Å². The van der Waals surface area contributed by atoms with E-state index in [0.717, 1.165) is 31.8 Å². The van der Waals surface area contributed by atoms with Crippen molar-refractivity contribution < 1.29 is 4.79 Å². The van der Waals surface area contributed by atoms with Crippen LogP contribution in [0.1, 0.15) is 58.8 Å². The van der Waals surface area contributed by atoms with Gasteiger partial charge < -0.3 is 10.2 Å². The predicted octanol–water partition coefficient (Wildman–Crippen LogP) is 2.56. The Morgan fingerprint density at radius 1 is 1.28 bits per heavy atom. The van der Waals surface area contributed by atoms with E-state index >= 15 is 0 Å². The van der Waals surface area contributed by atoms with Gasteiger partial charge in [-0.25, -0.2) is 0 Å². The molecule has 2 aliphatic rings. The molecular weight excluding hydrogens is 224 g/mol. The van der Waals surface area contributed by atoms with Crippen molar-refractivity contribution in [2.45, 2.75) is 70.9 Å². The first-order valence-electron chi connectivity index (χ1n) is 7.69. The summed E-state index contributed by atoms with van der Waals surface area (Å²) < 4.78 is 0. The Bertz CT molecular complexity index is 280. The molecular formula is C15H28N2O. The van der Waals surface area contributed by atoms with Crippen LogP contribution in [0, 0.1) is 5.92 Å². The van der Waals surface area contributed by atoms with Gasteiger partial charge in [0.1, 0.15) is 0 Å². The van der Waals surface area contributed by atoms with Gasteiger partial charge in [-0.3, -0.25) is 4.79 Å². The molecule has 0 aromatic heterocycles. The van der Waals surface area contributed by atoms with E-state index in [9.17, 15) is 4.79 Å². The van der Waals surface area contributed by atoms with Gasteiger partial charge >= 0.3 is 0 Å². The first-order valence-corrected chi connectivity index (χ1v) is 7.69. The Labute approximate surface area is 111 Å². The second-order valence-electron chi connectivity index (χ2n) is 6.32. The number of carbonyl (C=O) groups excluding carboxylic acids is 1. The molecule has 3 atom stereocenters. The highest BCUT2D eigenvalue weighted by atomic mass is 16.2. The van der Waals surface area contributed by atoms with Crippen LogP contribution in [0.5, 0.6) is 0 Å². The fourth-order valence-corrected chi connectivity index (χ4v) is 3.34. The van der Waals surface area contributed by atoms with E-state index in [4.69, 9.17) is 0 Å². The van der Waals surface area contributed by atoms with E-state index in [1.54, 1.807) is 0 Å². The molecule has 1 N–H and O–H groups in total. The third-order valence-electron chi connectivity index (χ3n) is 4.44. The number of hydrogen-bond donors (Lipinski definition) is 1.